The third-order valence-corrected chi connectivity index (χ3v) is 4.27. The average Bonchev–Trinajstić information content (AvgIpc) is 2.41. The van der Waals surface area contributed by atoms with Gasteiger partial charge in [0.05, 0.1) is 5.02 Å². The molecule has 1 heterocycles. The fraction of sp³-hybridized carbons (Fsp3) is 0.600. The zero-order valence-corrected chi connectivity index (χ0v) is 12.5. The molecule has 1 aromatic carbocycles. The maximum atomic E-state index is 13.6. The van der Waals surface area contributed by atoms with Crippen LogP contribution in [0, 0.1) is 11.7 Å². The number of nitrogens with one attached hydrogen (secondary N) is 1. The summed E-state index contributed by atoms with van der Waals surface area (Å²) in [5, 5.41) is 3.77. The van der Waals surface area contributed by atoms with Gasteiger partial charge < -0.3 is 10.2 Å². The monoisotopic (exact) mass is 284 g/mol. The molecule has 4 heteroatoms. The lowest BCUT2D eigenvalue weighted by molar-refractivity contribution is 0.325. The van der Waals surface area contributed by atoms with Gasteiger partial charge in [0.2, 0.25) is 0 Å². The van der Waals surface area contributed by atoms with Gasteiger partial charge in [0.1, 0.15) is 5.82 Å². The number of rotatable bonds is 3. The Labute approximate surface area is 119 Å². The molecule has 0 spiro atoms. The fourth-order valence-corrected chi connectivity index (χ4v) is 2.73. The highest BCUT2D eigenvalue weighted by Gasteiger charge is 2.28. The van der Waals surface area contributed by atoms with Crippen LogP contribution in [0.1, 0.15) is 27.2 Å². The van der Waals surface area contributed by atoms with Gasteiger partial charge in [-0.05, 0) is 30.5 Å². The van der Waals surface area contributed by atoms with Crippen LogP contribution in [0.25, 0.3) is 0 Å². The molecular weight excluding hydrogens is 263 g/mol. The summed E-state index contributed by atoms with van der Waals surface area (Å²) in [6, 6.07) is 5.97. The van der Waals surface area contributed by atoms with Crippen molar-refractivity contribution in [3.05, 3.63) is 29.0 Å². The number of hydrogen-bond acceptors (Lipinski definition) is 2. The van der Waals surface area contributed by atoms with Crippen molar-refractivity contribution >= 4 is 17.3 Å². The van der Waals surface area contributed by atoms with E-state index < -0.39 is 0 Å². The van der Waals surface area contributed by atoms with Gasteiger partial charge in [-0.25, -0.2) is 4.39 Å². The minimum atomic E-state index is -0.339. The smallest absolute Gasteiger partial charge is 0.143 e. The minimum Gasteiger partial charge on any atom is -0.366 e. The van der Waals surface area contributed by atoms with Gasteiger partial charge in [0.15, 0.2) is 0 Å². The van der Waals surface area contributed by atoms with Crippen LogP contribution in [0.4, 0.5) is 10.1 Å². The van der Waals surface area contributed by atoms with Crippen LogP contribution in [0.2, 0.25) is 5.02 Å². The maximum Gasteiger partial charge on any atom is 0.143 e. The Kier molecular flexibility index (Phi) is 4.69. The molecule has 2 atom stereocenters. The van der Waals surface area contributed by atoms with Crippen molar-refractivity contribution in [2.75, 3.05) is 18.0 Å². The van der Waals surface area contributed by atoms with E-state index >= 15 is 0 Å². The van der Waals surface area contributed by atoms with E-state index in [2.05, 4.69) is 31.0 Å². The van der Waals surface area contributed by atoms with E-state index in [0.717, 1.165) is 25.2 Å². The molecule has 0 saturated carbocycles. The number of anilines is 1. The van der Waals surface area contributed by atoms with E-state index in [-0.39, 0.29) is 10.8 Å². The zero-order chi connectivity index (χ0) is 14.0. The summed E-state index contributed by atoms with van der Waals surface area (Å²) in [6.07, 6.45) is 1.04. The molecular formula is C15H22ClFN2. The van der Waals surface area contributed by atoms with Crippen LogP contribution in [0.5, 0.6) is 0 Å². The molecule has 0 radical (unpaired) electrons. The van der Waals surface area contributed by atoms with Crippen LogP contribution in [-0.2, 0) is 0 Å². The highest BCUT2D eigenvalue weighted by atomic mass is 35.5. The maximum absolute atomic E-state index is 13.6. The molecule has 0 aromatic heterocycles. The standard InChI is InChI=1S/C15H22ClFN2/c1-4-11-8-18-15(10(2)3)9-19(11)12-5-6-13(16)14(17)7-12/h5-7,10-11,15,18H,4,8-9H2,1-3H3. The molecule has 1 N–H and O–H groups in total. The minimum absolute atomic E-state index is 0.187. The third kappa shape index (κ3) is 3.21. The number of halogens is 2. The van der Waals surface area contributed by atoms with Gasteiger partial charge in [0, 0.05) is 30.9 Å². The Hall–Kier alpha value is -0.800. The summed E-state index contributed by atoms with van der Waals surface area (Å²) in [6.45, 7) is 8.46. The fourth-order valence-electron chi connectivity index (χ4n) is 2.61. The molecule has 2 rings (SSSR count). The summed E-state index contributed by atoms with van der Waals surface area (Å²) in [5.41, 5.74) is 0.931. The van der Waals surface area contributed by atoms with E-state index in [1.54, 1.807) is 12.1 Å². The van der Waals surface area contributed by atoms with Crippen molar-refractivity contribution in [3.8, 4) is 0 Å². The van der Waals surface area contributed by atoms with Crippen molar-refractivity contribution < 1.29 is 4.39 Å². The van der Waals surface area contributed by atoms with Gasteiger partial charge in [-0.2, -0.15) is 0 Å². The first-order valence-corrected chi connectivity index (χ1v) is 7.35. The van der Waals surface area contributed by atoms with Crippen molar-refractivity contribution in [1.29, 1.82) is 0 Å². The lowest BCUT2D eigenvalue weighted by Gasteiger charge is -2.43. The molecule has 1 fully saturated rings. The van der Waals surface area contributed by atoms with Crippen molar-refractivity contribution in [1.82, 2.24) is 5.32 Å². The van der Waals surface area contributed by atoms with Crippen molar-refractivity contribution in [2.45, 2.75) is 39.3 Å². The number of piperazine rings is 1. The molecule has 1 aliphatic rings. The van der Waals surface area contributed by atoms with Gasteiger partial charge in [-0.1, -0.05) is 32.4 Å². The molecule has 0 bridgehead atoms. The third-order valence-electron chi connectivity index (χ3n) is 3.96. The van der Waals surface area contributed by atoms with Crippen LogP contribution in [0.3, 0.4) is 0 Å². The summed E-state index contributed by atoms with van der Waals surface area (Å²) in [4.78, 5) is 2.31. The van der Waals surface area contributed by atoms with E-state index in [9.17, 15) is 4.39 Å². The van der Waals surface area contributed by atoms with Crippen LogP contribution >= 0.6 is 11.6 Å². The first kappa shape index (κ1) is 14.6. The average molecular weight is 285 g/mol. The molecule has 1 aliphatic heterocycles. The normalized spacial score (nSPS) is 24.0. The summed E-state index contributed by atoms with van der Waals surface area (Å²) >= 11 is 5.76. The largest absolute Gasteiger partial charge is 0.366 e. The highest BCUT2D eigenvalue weighted by molar-refractivity contribution is 6.30. The molecule has 2 unspecified atom stereocenters. The summed E-state index contributed by atoms with van der Waals surface area (Å²) in [7, 11) is 0. The molecule has 0 amide bonds. The second kappa shape index (κ2) is 6.10. The van der Waals surface area contributed by atoms with Gasteiger partial charge >= 0.3 is 0 Å². The van der Waals surface area contributed by atoms with E-state index in [0.29, 0.717) is 18.0 Å². The van der Waals surface area contributed by atoms with Gasteiger partial charge in [-0.3, -0.25) is 0 Å². The Morgan fingerprint density at radius 1 is 1.47 bits per heavy atom. The highest BCUT2D eigenvalue weighted by Crippen LogP contribution is 2.26. The summed E-state index contributed by atoms with van der Waals surface area (Å²) < 4.78 is 13.6. The molecule has 1 saturated heterocycles. The number of hydrogen-bond donors (Lipinski definition) is 1. The second-order valence-electron chi connectivity index (χ2n) is 5.57. The lowest BCUT2D eigenvalue weighted by Crippen LogP contribution is -2.58. The van der Waals surface area contributed by atoms with E-state index in [1.807, 2.05) is 6.07 Å². The van der Waals surface area contributed by atoms with Crippen molar-refractivity contribution in [2.24, 2.45) is 5.92 Å². The Balaban J connectivity index is 2.24. The van der Waals surface area contributed by atoms with Crippen LogP contribution in [-0.4, -0.2) is 25.2 Å². The van der Waals surface area contributed by atoms with Crippen molar-refractivity contribution in [3.63, 3.8) is 0 Å². The first-order chi connectivity index (χ1) is 9.02. The van der Waals surface area contributed by atoms with Crippen LogP contribution in [0.15, 0.2) is 18.2 Å². The Morgan fingerprint density at radius 2 is 2.21 bits per heavy atom. The first-order valence-electron chi connectivity index (χ1n) is 6.98. The molecule has 106 valence electrons. The van der Waals surface area contributed by atoms with Crippen LogP contribution < -0.4 is 10.2 Å². The SMILES string of the molecule is CCC1CNC(C(C)C)CN1c1ccc(Cl)c(F)c1. The molecule has 1 aromatic rings. The number of nitrogens with zero attached hydrogens (tertiary/aromatic N) is 1. The Bertz CT molecular complexity index is 436. The van der Waals surface area contributed by atoms with E-state index in [4.69, 9.17) is 11.6 Å². The Morgan fingerprint density at radius 3 is 2.79 bits per heavy atom. The summed E-state index contributed by atoms with van der Waals surface area (Å²) in [5.74, 6) is 0.228. The topological polar surface area (TPSA) is 15.3 Å². The number of benzene rings is 1. The lowest BCUT2D eigenvalue weighted by atomic mass is 9.98. The van der Waals surface area contributed by atoms with Gasteiger partial charge in [-0.15, -0.1) is 0 Å². The zero-order valence-electron chi connectivity index (χ0n) is 11.8. The molecule has 0 aliphatic carbocycles. The van der Waals surface area contributed by atoms with Gasteiger partial charge in [0.25, 0.3) is 0 Å². The molecule has 2 nitrogen and oxygen atoms in total. The van der Waals surface area contributed by atoms with E-state index in [1.165, 1.54) is 0 Å². The molecule has 19 heavy (non-hydrogen) atoms. The quantitative estimate of drug-likeness (QED) is 0.911. The predicted octanol–water partition coefficient (Wildman–Crippen LogP) is 3.69. The predicted molar refractivity (Wildman–Crippen MR) is 79.5 cm³/mol. The second-order valence-corrected chi connectivity index (χ2v) is 5.98.